The van der Waals surface area contributed by atoms with Crippen molar-refractivity contribution in [2.45, 2.75) is 248 Å². The molecule has 2 rings (SSSR count). The Morgan fingerprint density at radius 3 is 1.37 bits per heavy atom. The average molecular weight is 969 g/mol. The van der Waals surface area contributed by atoms with Gasteiger partial charge < -0.3 is 64.2 Å². The third-order valence-electron chi connectivity index (χ3n) is 12.3. The summed E-state index contributed by atoms with van der Waals surface area (Å²) in [4.78, 5) is 25.8. The maximum Gasteiger partial charge on any atom is 0.306 e. The van der Waals surface area contributed by atoms with Gasteiger partial charge in [0.2, 0.25) is 0 Å². The van der Waals surface area contributed by atoms with Crippen LogP contribution in [0.5, 0.6) is 0 Å². The summed E-state index contributed by atoms with van der Waals surface area (Å²) in [5, 5.41) is 72.1. The minimum atomic E-state index is -1.77. The highest BCUT2D eigenvalue weighted by atomic mass is 16.7. The maximum atomic E-state index is 13.0. The smallest absolute Gasteiger partial charge is 0.306 e. The lowest BCUT2D eigenvalue weighted by Gasteiger charge is -2.42. The Morgan fingerprint density at radius 1 is 0.471 bits per heavy atom. The third kappa shape index (κ3) is 27.7. The molecular weight excluding hydrogens is 877 g/mol. The average Bonchev–Trinajstić information content (AvgIpc) is 3.33. The predicted octanol–water partition coefficient (Wildman–Crippen LogP) is 7.49. The molecule has 394 valence electrons. The second kappa shape index (κ2) is 40.1. The fourth-order valence-corrected chi connectivity index (χ4v) is 7.92. The van der Waals surface area contributed by atoms with Gasteiger partial charge in [0.15, 0.2) is 18.7 Å². The first-order chi connectivity index (χ1) is 33.0. The summed E-state index contributed by atoms with van der Waals surface area (Å²) < 4.78 is 33.6. The first-order valence-electron chi connectivity index (χ1n) is 26.2. The van der Waals surface area contributed by atoms with Crippen molar-refractivity contribution in [3.63, 3.8) is 0 Å². The fraction of sp³-hybridized carbons (Fsp3) is 0.811. The first kappa shape index (κ1) is 61.6. The van der Waals surface area contributed by atoms with E-state index in [1.807, 2.05) is 0 Å². The lowest BCUT2D eigenvalue weighted by atomic mass is 9.98. The van der Waals surface area contributed by atoms with E-state index in [1.165, 1.54) is 38.5 Å². The van der Waals surface area contributed by atoms with Crippen LogP contribution in [0, 0.1) is 0 Å². The van der Waals surface area contributed by atoms with E-state index in [-0.39, 0.29) is 19.4 Å². The molecule has 2 heterocycles. The van der Waals surface area contributed by atoms with Crippen LogP contribution in [0.15, 0.2) is 48.6 Å². The van der Waals surface area contributed by atoms with Crippen molar-refractivity contribution < 1.29 is 73.8 Å². The highest BCUT2D eigenvalue weighted by molar-refractivity contribution is 5.70. The Labute approximate surface area is 408 Å². The van der Waals surface area contributed by atoms with Gasteiger partial charge in [0.1, 0.15) is 55.4 Å². The predicted molar refractivity (Wildman–Crippen MR) is 261 cm³/mol. The monoisotopic (exact) mass is 969 g/mol. The molecule has 7 N–H and O–H groups in total. The number of ether oxygens (including phenoxy) is 6. The molecule has 11 atom stereocenters. The number of esters is 2. The normalized spacial score (nSPS) is 26.1. The molecule has 0 aromatic rings. The van der Waals surface area contributed by atoms with Gasteiger partial charge in [-0.15, -0.1) is 0 Å². The van der Waals surface area contributed by atoms with Crippen LogP contribution in [0.3, 0.4) is 0 Å². The van der Waals surface area contributed by atoms with Crippen molar-refractivity contribution in [3.8, 4) is 0 Å². The number of hydrogen-bond donors (Lipinski definition) is 7. The molecule has 2 saturated heterocycles. The number of unbranched alkanes of at least 4 members (excludes halogenated alkanes) is 18. The summed E-state index contributed by atoms with van der Waals surface area (Å²) in [5.41, 5.74) is 0. The largest absolute Gasteiger partial charge is 0.462 e. The van der Waals surface area contributed by atoms with Crippen LogP contribution in [0.2, 0.25) is 0 Å². The van der Waals surface area contributed by atoms with Crippen LogP contribution in [-0.2, 0) is 38.0 Å². The van der Waals surface area contributed by atoms with Crippen LogP contribution >= 0.6 is 0 Å². The zero-order chi connectivity index (χ0) is 49.6. The molecule has 2 fully saturated rings. The molecule has 0 aromatic heterocycles. The summed E-state index contributed by atoms with van der Waals surface area (Å²) in [6.07, 6.45) is 27.0. The number of aliphatic hydroxyl groups is 7. The standard InChI is InChI=1S/C53H92O15/c1-3-5-7-9-11-13-15-17-19-20-22-24-26-28-30-32-34-36-45(56)66-41(38-63-44(55)35-33-31-29-27-25-23-21-18-16-14-12-10-8-6-4-2)39-64-52-51(62)49(60)47(58)43(68-52)40-65-53-50(61)48(59)46(57)42(37-54)67-53/h11-14,17-19,21,41-43,46-54,57-62H,3-10,15-16,20,22-40H2,1-2H3/b13-11-,14-12-,19-17-,21-18-. The lowest BCUT2D eigenvalue weighted by molar-refractivity contribution is -0.332. The molecule has 0 saturated carbocycles. The van der Waals surface area contributed by atoms with E-state index >= 15 is 0 Å². The van der Waals surface area contributed by atoms with E-state index < -0.39 is 99.3 Å². The first-order valence-corrected chi connectivity index (χ1v) is 26.2. The van der Waals surface area contributed by atoms with Gasteiger partial charge in [0, 0.05) is 12.8 Å². The quantitative estimate of drug-likeness (QED) is 0.0179. The topological polar surface area (TPSA) is 231 Å². The Bertz CT molecular complexity index is 1370. The van der Waals surface area contributed by atoms with Gasteiger partial charge in [0.05, 0.1) is 19.8 Å². The van der Waals surface area contributed by atoms with E-state index in [4.69, 9.17) is 28.4 Å². The van der Waals surface area contributed by atoms with Crippen LogP contribution < -0.4 is 0 Å². The summed E-state index contributed by atoms with van der Waals surface area (Å²) >= 11 is 0. The summed E-state index contributed by atoms with van der Waals surface area (Å²) in [7, 11) is 0. The molecule has 11 unspecified atom stereocenters. The van der Waals surface area contributed by atoms with Crippen molar-refractivity contribution in [1.82, 2.24) is 0 Å². The van der Waals surface area contributed by atoms with E-state index in [2.05, 4.69) is 62.5 Å². The number of aliphatic hydroxyl groups excluding tert-OH is 7. The van der Waals surface area contributed by atoms with Crippen LogP contribution in [0.4, 0.5) is 0 Å². The molecule has 0 amide bonds. The Kier molecular flexibility index (Phi) is 36.3. The number of hydrogen-bond acceptors (Lipinski definition) is 15. The molecule has 0 spiro atoms. The summed E-state index contributed by atoms with van der Waals surface area (Å²) in [5.74, 6) is -0.951. The summed E-state index contributed by atoms with van der Waals surface area (Å²) in [6, 6.07) is 0. The van der Waals surface area contributed by atoms with E-state index in [0.29, 0.717) is 12.8 Å². The fourth-order valence-electron chi connectivity index (χ4n) is 7.92. The maximum absolute atomic E-state index is 13.0. The van der Waals surface area contributed by atoms with Gasteiger partial charge in [-0.2, -0.15) is 0 Å². The van der Waals surface area contributed by atoms with Crippen LogP contribution in [0.1, 0.15) is 181 Å². The van der Waals surface area contributed by atoms with E-state index in [0.717, 1.165) is 103 Å². The Balaban J connectivity index is 1.81. The molecule has 0 aromatic carbocycles. The molecule has 0 radical (unpaired) electrons. The SMILES string of the molecule is CCCCC/C=C\C/C=C\CCCCCCCCCC(=O)OC(COC(=O)CCCCCCC/C=C\C/C=C\CCCCC)COC1OC(COC2OC(CO)C(O)C(O)C2O)C(O)C(O)C1O. The van der Waals surface area contributed by atoms with Gasteiger partial charge in [-0.25, -0.2) is 0 Å². The zero-order valence-electron chi connectivity index (χ0n) is 41.6. The molecule has 0 bridgehead atoms. The van der Waals surface area contributed by atoms with Crippen LogP contribution in [-0.4, -0.2) is 142 Å². The number of allylic oxidation sites excluding steroid dienone is 8. The van der Waals surface area contributed by atoms with Crippen LogP contribution in [0.25, 0.3) is 0 Å². The van der Waals surface area contributed by atoms with E-state index in [1.54, 1.807) is 0 Å². The molecule has 15 nitrogen and oxygen atoms in total. The highest BCUT2D eigenvalue weighted by Gasteiger charge is 2.47. The molecular formula is C53H92O15. The molecule has 15 heteroatoms. The zero-order valence-corrected chi connectivity index (χ0v) is 41.6. The van der Waals surface area contributed by atoms with E-state index in [9.17, 15) is 45.3 Å². The van der Waals surface area contributed by atoms with Gasteiger partial charge in [-0.05, 0) is 77.0 Å². The van der Waals surface area contributed by atoms with Crippen molar-refractivity contribution in [1.29, 1.82) is 0 Å². The van der Waals surface area contributed by atoms with Crippen molar-refractivity contribution in [2.75, 3.05) is 26.4 Å². The second-order valence-corrected chi connectivity index (χ2v) is 18.3. The van der Waals surface area contributed by atoms with Gasteiger partial charge in [-0.1, -0.05) is 140 Å². The highest BCUT2D eigenvalue weighted by Crippen LogP contribution is 2.26. The third-order valence-corrected chi connectivity index (χ3v) is 12.3. The van der Waals surface area contributed by atoms with Gasteiger partial charge in [0.25, 0.3) is 0 Å². The molecule has 2 aliphatic heterocycles. The molecule has 68 heavy (non-hydrogen) atoms. The lowest BCUT2D eigenvalue weighted by Crippen LogP contribution is -2.61. The van der Waals surface area contributed by atoms with Gasteiger partial charge >= 0.3 is 11.9 Å². The van der Waals surface area contributed by atoms with Crippen molar-refractivity contribution in [3.05, 3.63) is 48.6 Å². The minimum Gasteiger partial charge on any atom is -0.462 e. The van der Waals surface area contributed by atoms with Crippen molar-refractivity contribution >= 4 is 11.9 Å². The molecule has 0 aliphatic carbocycles. The second-order valence-electron chi connectivity index (χ2n) is 18.3. The van der Waals surface area contributed by atoms with Crippen molar-refractivity contribution in [2.24, 2.45) is 0 Å². The number of carbonyl (C=O) groups excluding carboxylic acids is 2. The van der Waals surface area contributed by atoms with Gasteiger partial charge in [-0.3, -0.25) is 9.59 Å². The Morgan fingerprint density at radius 2 is 0.882 bits per heavy atom. The Hall–Kier alpha value is -2.54. The number of carbonyl (C=O) groups is 2. The summed E-state index contributed by atoms with van der Waals surface area (Å²) in [6.45, 7) is 2.51. The minimum absolute atomic E-state index is 0.152. The molecule has 2 aliphatic rings. The number of rotatable bonds is 40.